The molecule has 0 aromatic heterocycles. The van der Waals surface area contributed by atoms with Crippen molar-refractivity contribution in [2.45, 2.75) is 38.5 Å². The molecule has 0 heterocycles. The largest absolute Gasteiger partial charge is 0.493 e. The molecule has 1 saturated carbocycles. The number of rotatable bonds is 12. The summed E-state index contributed by atoms with van der Waals surface area (Å²) in [6.07, 6.45) is 5.03. The number of halogens is 1. The van der Waals surface area contributed by atoms with Crippen LogP contribution in [0.4, 0.5) is 4.39 Å². The molecule has 0 bridgehead atoms. The summed E-state index contributed by atoms with van der Waals surface area (Å²) < 4.78 is 45.5. The molecule has 1 aliphatic rings. The Hall–Kier alpha value is -1.18. The predicted octanol–water partition coefficient (Wildman–Crippen LogP) is 2.21. The first kappa shape index (κ1) is 19.1. The minimum atomic E-state index is -3.28. The van der Waals surface area contributed by atoms with Crippen LogP contribution in [0.3, 0.4) is 0 Å². The van der Waals surface area contributed by atoms with Gasteiger partial charge in [-0.15, -0.1) is 0 Å². The molecule has 0 aliphatic heterocycles. The third-order valence-electron chi connectivity index (χ3n) is 3.97. The summed E-state index contributed by atoms with van der Waals surface area (Å²) in [5.41, 5.74) is 6.11. The Morgan fingerprint density at radius 2 is 2.00 bits per heavy atom. The minimum Gasteiger partial charge on any atom is -0.493 e. The number of hydrogen-bond acceptors (Lipinski definition) is 4. The van der Waals surface area contributed by atoms with E-state index in [4.69, 9.17) is 10.5 Å². The molecule has 1 aliphatic carbocycles. The van der Waals surface area contributed by atoms with Gasteiger partial charge < -0.3 is 10.5 Å². The van der Waals surface area contributed by atoms with E-state index in [0.717, 1.165) is 18.4 Å². The molecule has 0 unspecified atom stereocenters. The van der Waals surface area contributed by atoms with Gasteiger partial charge in [-0.25, -0.2) is 17.5 Å². The van der Waals surface area contributed by atoms with Gasteiger partial charge >= 0.3 is 0 Å². The number of nitrogens with two attached hydrogens (primary N) is 1. The highest BCUT2D eigenvalue weighted by Gasteiger charge is 2.22. The van der Waals surface area contributed by atoms with Gasteiger partial charge in [0.25, 0.3) is 0 Å². The van der Waals surface area contributed by atoms with Gasteiger partial charge in [0.15, 0.2) is 0 Å². The quantitative estimate of drug-likeness (QED) is 0.561. The lowest BCUT2D eigenvalue weighted by Gasteiger charge is -2.09. The SMILES string of the molecule is NCCCCCS(=O)(=O)NCCc1cc(F)cc(OCC2CC2)c1. The van der Waals surface area contributed by atoms with Gasteiger partial charge in [0, 0.05) is 12.6 Å². The van der Waals surface area contributed by atoms with Gasteiger partial charge in [0.05, 0.1) is 12.4 Å². The van der Waals surface area contributed by atoms with Gasteiger partial charge in [-0.3, -0.25) is 0 Å². The first-order valence-corrected chi connectivity index (χ1v) is 10.2. The number of hydrogen-bond donors (Lipinski definition) is 2. The van der Waals surface area contributed by atoms with E-state index in [1.807, 2.05) is 0 Å². The van der Waals surface area contributed by atoms with E-state index in [2.05, 4.69) is 4.72 Å². The zero-order valence-corrected chi connectivity index (χ0v) is 14.8. The molecule has 5 nitrogen and oxygen atoms in total. The van der Waals surface area contributed by atoms with Crippen LogP contribution >= 0.6 is 0 Å². The fourth-order valence-corrected chi connectivity index (χ4v) is 3.52. The summed E-state index contributed by atoms with van der Waals surface area (Å²) in [6.45, 7) is 1.46. The second-order valence-corrected chi connectivity index (χ2v) is 8.29. The Kier molecular flexibility index (Phi) is 7.45. The van der Waals surface area contributed by atoms with Crippen molar-refractivity contribution in [2.75, 3.05) is 25.4 Å². The Labute approximate surface area is 143 Å². The van der Waals surface area contributed by atoms with Crippen molar-refractivity contribution in [1.82, 2.24) is 4.72 Å². The zero-order chi connectivity index (χ0) is 17.4. The second kappa shape index (κ2) is 9.34. The smallest absolute Gasteiger partial charge is 0.211 e. The molecule has 1 fully saturated rings. The summed E-state index contributed by atoms with van der Waals surface area (Å²) in [5.74, 6) is 0.860. The highest BCUT2D eigenvalue weighted by molar-refractivity contribution is 7.89. The van der Waals surface area contributed by atoms with E-state index in [0.29, 0.717) is 37.7 Å². The third-order valence-corrected chi connectivity index (χ3v) is 5.44. The van der Waals surface area contributed by atoms with Crippen molar-refractivity contribution in [3.63, 3.8) is 0 Å². The molecule has 0 spiro atoms. The molecule has 3 N–H and O–H groups in total. The van der Waals surface area contributed by atoms with Crippen LogP contribution in [0.1, 0.15) is 37.7 Å². The molecule has 0 radical (unpaired) electrons. The van der Waals surface area contributed by atoms with Crippen molar-refractivity contribution in [3.05, 3.63) is 29.6 Å². The average Bonchev–Trinajstić information content (AvgIpc) is 3.33. The molecule has 136 valence electrons. The van der Waals surface area contributed by atoms with E-state index in [1.54, 1.807) is 6.07 Å². The van der Waals surface area contributed by atoms with Crippen molar-refractivity contribution >= 4 is 10.0 Å². The van der Waals surface area contributed by atoms with E-state index >= 15 is 0 Å². The monoisotopic (exact) mass is 358 g/mol. The maximum Gasteiger partial charge on any atom is 0.211 e. The van der Waals surface area contributed by atoms with Crippen LogP contribution < -0.4 is 15.2 Å². The van der Waals surface area contributed by atoms with Gasteiger partial charge in [-0.1, -0.05) is 6.42 Å². The molecule has 0 saturated heterocycles. The Morgan fingerprint density at radius 1 is 1.21 bits per heavy atom. The lowest BCUT2D eigenvalue weighted by Crippen LogP contribution is -2.28. The topological polar surface area (TPSA) is 81.4 Å². The molecule has 1 aromatic carbocycles. The van der Waals surface area contributed by atoms with Crippen LogP contribution in [-0.2, 0) is 16.4 Å². The van der Waals surface area contributed by atoms with Gasteiger partial charge in [0.1, 0.15) is 11.6 Å². The van der Waals surface area contributed by atoms with Crippen LogP contribution in [0.5, 0.6) is 5.75 Å². The minimum absolute atomic E-state index is 0.103. The molecular weight excluding hydrogens is 331 g/mol. The standard InChI is InChI=1S/C17H27FN2O3S/c18-16-10-15(11-17(12-16)23-13-14-4-5-14)6-8-20-24(21,22)9-3-1-2-7-19/h10-12,14,20H,1-9,13,19H2. The highest BCUT2D eigenvalue weighted by atomic mass is 32.2. The molecule has 0 atom stereocenters. The summed E-state index contributed by atoms with van der Waals surface area (Å²) in [5, 5.41) is 0. The second-order valence-electron chi connectivity index (χ2n) is 6.36. The van der Waals surface area contributed by atoms with Crippen LogP contribution in [0.15, 0.2) is 18.2 Å². The fraction of sp³-hybridized carbons (Fsp3) is 0.647. The maximum atomic E-state index is 13.6. The molecule has 24 heavy (non-hydrogen) atoms. The number of sulfonamides is 1. The molecular formula is C17H27FN2O3S. The number of benzene rings is 1. The Bertz CT molecular complexity index is 618. The number of nitrogens with one attached hydrogen (secondary N) is 1. The third kappa shape index (κ3) is 7.59. The zero-order valence-electron chi connectivity index (χ0n) is 14.0. The summed E-state index contributed by atoms with van der Waals surface area (Å²) in [7, 11) is -3.28. The van der Waals surface area contributed by atoms with Gasteiger partial charge in [0.2, 0.25) is 10.0 Å². The fourth-order valence-electron chi connectivity index (χ4n) is 2.38. The van der Waals surface area contributed by atoms with E-state index in [-0.39, 0.29) is 18.1 Å². The summed E-state index contributed by atoms with van der Waals surface area (Å²) >= 11 is 0. The lowest BCUT2D eigenvalue weighted by molar-refractivity contribution is 0.298. The van der Waals surface area contributed by atoms with Crippen LogP contribution in [0, 0.1) is 11.7 Å². The molecule has 1 aromatic rings. The average molecular weight is 358 g/mol. The Morgan fingerprint density at radius 3 is 2.71 bits per heavy atom. The van der Waals surface area contributed by atoms with E-state index in [9.17, 15) is 12.8 Å². The van der Waals surface area contributed by atoms with Crippen molar-refractivity contribution in [2.24, 2.45) is 11.7 Å². The first-order valence-electron chi connectivity index (χ1n) is 8.58. The van der Waals surface area contributed by atoms with Crippen molar-refractivity contribution in [3.8, 4) is 5.75 Å². The number of ether oxygens (including phenoxy) is 1. The Balaban J connectivity index is 1.76. The number of unbranched alkanes of at least 4 members (excludes halogenated alkanes) is 2. The van der Waals surface area contributed by atoms with Crippen LogP contribution in [-0.4, -0.2) is 33.9 Å². The van der Waals surface area contributed by atoms with Crippen LogP contribution in [0.2, 0.25) is 0 Å². The lowest BCUT2D eigenvalue weighted by atomic mass is 10.1. The predicted molar refractivity (Wildman–Crippen MR) is 93.0 cm³/mol. The summed E-state index contributed by atoms with van der Waals surface area (Å²) in [6, 6.07) is 4.56. The van der Waals surface area contributed by atoms with E-state index in [1.165, 1.54) is 25.0 Å². The van der Waals surface area contributed by atoms with E-state index < -0.39 is 10.0 Å². The maximum absolute atomic E-state index is 13.6. The van der Waals surface area contributed by atoms with Crippen molar-refractivity contribution in [1.29, 1.82) is 0 Å². The molecule has 7 heteroatoms. The molecule has 2 rings (SSSR count). The van der Waals surface area contributed by atoms with Crippen LogP contribution in [0.25, 0.3) is 0 Å². The summed E-state index contributed by atoms with van der Waals surface area (Å²) in [4.78, 5) is 0. The highest BCUT2D eigenvalue weighted by Crippen LogP contribution is 2.29. The van der Waals surface area contributed by atoms with Gasteiger partial charge in [-0.2, -0.15) is 0 Å². The first-order chi connectivity index (χ1) is 11.5. The normalized spacial score (nSPS) is 14.8. The van der Waals surface area contributed by atoms with Gasteiger partial charge in [-0.05, 0) is 62.3 Å². The molecule has 0 amide bonds. The van der Waals surface area contributed by atoms with Crippen molar-refractivity contribution < 1.29 is 17.5 Å².